The van der Waals surface area contributed by atoms with Crippen LogP contribution in [0.2, 0.25) is 0 Å². The Kier molecular flexibility index (Phi) is 7.62. The van der Waals surface area contributed by atoms with Crippen molar-refractivity contribution in [3.63, 3.8) is 0 Å². The maximum Gasteiger partial charge on any atom is 0.338 e. The molecule has 3 fully saturated rings. The van der Waals surface area contributed by atoms with Crippen molar-refractivity contribution in [1.82, 2.24) is 0 Å². The SMILES string of the molecule is CC(=O)O[C@H]1C(=O)[C@@]2(CO)C([C@H](OC(=O)c3ccccc3)[C@]3(C(C)(C)O)C[C@H](O)C(C)=C13)[C@]1(OC(C)=O)CO[C@@H]1C[C@@H]2O. The van der Waals surface area contributed by atoms with Gasteiger partial charge in [0.25, 0.3) is 0 Å². The second kappa shape index (κ2) is 10.5. The van der Waals surface area contributed by atoms with Crippen LogP contribution in [0, 0.1) is 16.7 Å². The minimum atomic E-state index is -2.22. The molecule has 234 valence electrons. The van der Waals surface area contributed by atoms with Gasteiger partial charge in [-0.1, -0.05) is 18.2 Å². The Morgan fingerprint density at radius 3 is 2.23 bits per heavy atom. The molecule has 1 saturated heterocycles. The third-order valence-electron chi connectivity index (χ3n) is 10.1. The van der Waals surface area contributed by atoms with Crippen LogP contribution in [0.3, 0.4) is 0 Å². The first-order valence-corrected chi connectivity index (χ1v) is 14.3. The van der Waals surface area contributed by atoms with Gasteiger partial charge in [-0.2, -0.15) is 0 Å². The third-order valence-corrected chi connectivity index (χ3v) is 10.1. The first-order valence-electron chi connectivity index (χ1n) is 14.3. The third kappa shape index (κ3) is 4.29. The summed E-state index contributed by atoms with van der Waals surface area (Å²) in [6.45, 7) is 5.29. The molecule has 2 saturated carbocycles. The van der Waals surface area contributed by atoms with Crippen LogP contribution in [0.15, 0.2) is 41.5 Å². The fraction of sp³-hybridized carbons (Fsp3) is 0.613. The fourth-order valence-corrected chi connectivity index (χ4v) is 8.13. The number of esters is 3. The summed E-state index contributed by atoms with van der Waals surface area (Å²) < 4.78 is 23.6. The van der Waals surface area contributed by atoms with Crippen molar-refractivity contribution in [2.75, 3.05) is 13.2 Å². The molecule has 0 radical (unpaired) electrons. The molecule has 3 aliphatic carbocycles. The average Bonchev–Trinajstić information content (AvgIpc) is 3.16. The molecule has 1 aliphatic heterocycles. The molecule has 4 N–H and O–H groups in total. The van der Waals surface area contributed by atoms with Crippen LogP contribution < -0.4 is 0 Å². The highest BCUT2D eigenvalue weighted by Gasteiger charge is 2.80. The Morgan fingerprint density at radius 1 is 1.07 bits per heavy atom. The second-order valence-electron chi connectivity index (χ2n) is 12.7. The van der Waals surface area contributed by atoms with Crippen LogP contribution in [-0.2, 0) is 33.3 Å². The van der Waals surface area contributed by atoms with Gasteiger partial charge in [0.05, 0.1) is 53.3 Å². The normalized spacial score (nSPS) is 38.6. The molecule has 0 spiro atoms. The van der Waals surface area contributed by atoms with Crippen LogP contribution in [0.5, 0.6) is 0 Å². The maximum atomic E-state index is 14.8. The summed E-state index contributed by atoms with van der Waals surface area (Å²) in [6, 6.07) is 7.92. The number of aliphatic hydroxyl groups is 4. The van der Waals surface area contributed by atoms with Gasteiger partial charge >= 0.3 is 17.9 Å². The van der Waals surface area contributed by atoms with E-state index in [1.54, 1.807) is 18.2 Å². The van der Waals surface area contributed by atoms with Crippen molar-refractivity contribution < 1.29 is 58.6 Å². The Morgan fingerprint density at radius 2 is 1.72 bits per heavy atom. The zero-order chi connectivity index (χ0) is 31.7. The highest BCUT2D eigenvalue weighted by atomic mass is 16.6. The van der Waals surface area contributed by atoms with Gasteiger partial charge in [0.15, 0.2) is 17.5 Å². The summed E-state index contributed by atoms with van der Waals surface area (Å²) in [5.74, 6) is -4.95. The summed E-state index contributed by atoms with van der Waals surface area (Å²) in [6.07, 6.45) is -7.81. The number of hydrogen-bond donors (Lipinski definition) is 4. The molecular weight excluding hydrogens is 564 g/mol. The number of Topliss-reactive ketones (excluding diaryl/α,β-unsaturated/α-hetero) is 1. The predicted octanol–water partition coefficient (Wildman–Crippen LogP) is 0.625. The van der Waals surface area contributed by atoms with Crippen LogP contribution in [0.1, 0.15) is 57.8 Å². The van der Waals surface area contributed by atoms with Crippen LogP contribution >= 0.6 is 0 Å². The van der Waals surface area contributed by atoms with E-state index in [0.717, 1.165) is 13.8 Å². The number of ketones is 1. The fourth-order valence-electron chi connectivity index (χ4n) is 8.13. The minimum absolute atomic E-state index is 0.00255. The number of hydrogen-bond acceptors (Lipinski definition) is 12. The number of rotatable bonds is 6. The van der Waals surface area contributed by atoms with E-state index in [4.69, 9.17) is 18.9 Å². The topological polar surface area (TPSA) is 186 Å². The van der Waals surface area contributed by atoms with E-state index in [0.29, 0.717) is 0 Å². The minimum Gasteiger partial charge on any atom is -0.457 e. The van der Waals surface area contributed by atoms with Crippen molar-refractivity contribution >= 4 is 23.7 Å². The molecule has 0 bridgehead atoms. The lowest BCUT2D eigenvalue weighted by molar-refractivity contribution is -0.341. The van der Waals surface area contributed by atoms with Gasteiger partial charge in [-0.3, -0.25) is 14.4 Å². The molecule has 0 aromatic heterocycles. The van der Waals surface area contributed by atoms with Crippen molar-refractivity contribution in [3.05, 3.63) is 47.0 Å². The lowest BCUT2D eigenvalue weighted by Gasteiger charge is -2.64. The molecule has 1 aromatic carbocycles. The Hall–Kier alpha value is -3.16. The molecule has 43 heavy (non-hydrogen) atoms. The van der Waals surface area contributed by atoms with Gasteiger partial charge in [0.1, 0.15) is 12.2 Å². The van der Waals surface area contributed by atoms with Gasteiger partial charge in [0.2, 0.25) is 0 Å². The molecule has 1 unspecified atom stereocenters. The number of ether oxygens (including phenoxy) is 4. The second-order valence-corrected chi connectivity index (χ2v) is 12.7. The molecule has 0 amide bonds. The zero-order valence-corrected chi connectivity index (χ0v) is 24.7. The van der Waals surface area contributed by atoms with Crippen molar-refractivity contribution in [1.29, 1.82) is 0 Å². The molecule has 1 heterocycles. The van der Waals surface area contributed by atoms with E-state index in [1.807, 2.05) is 0 Å². The van der Waals surface area contributed by atoms with Crippen molar-refractivity contribution in [2.45, 2.75) is 89.2 Å². The smallest absolute Gasteiger partial charge is 0.338 e. The summed E-state index contributed by atoms with van der Waals surface area (Å²) in [4.78, 5) is 53.8. The Balaban J connectivity index is 1.90. The number of fused-ring (bicyclic) bond motifs is 4. The standard InChI is InChI=1S/C31H38O12/c1-15-19(35)12-30(28(4,5)39)22(15)23(41-16(2)33)25(37)29(13-32)20(36)11-21-31(14-40-21,43-17(3)34)24(29)26(30)42-27(38)18-9-7-6-8-10-18/h6-10,19-21,23-24,26,32,35-36,39H,11-14H2,1-5H3/t19-,20-,21+,23+,24?,26-,29+,30-,31-/m0/s1. The van der Waals surface area contributed by atoms with Gasteiger partial charge in [0, 0.05) is 20.3 Å². The summed E-state index contributed by atoms with van der Waals surface area (Å²) in [5.41, 5.74) is -7.35. The van der Waals surface area contributed by atoms with Crippen molar-refractivity contribution in [2.24, 2.45) is 16.7 Å². The first-order chi connectivity index (χ1) is 20.1. The molecule has 1 aromatic rings. The van der Waals surface area contributed by atoms with E-state index in [1.165, 1.54) is 32.9 Å². The monoisotopic (exact) mass is 602 g/mol. The highest BCUT2D eigenvalue weighted by Crippen LogP contribution is 2.67. The summed E-state index contributed by atoms with van der Waals surface area (Å²) >= 11 is 0. The lowest BCUT2D eigenvalue weighted by atomic mass is 9.49. The summed E-state index contributed by atoms with van der Waals surface area (Å²) in [7, 11) is 0. The molecule has 5 rings (SSSR count). The van der Waals surface area contributed by atoms with E-state index in [9.17, 15) is 39.6 Å². The zero-order valence-electron chi connectivity index (χ0n) is 24.7. The number of carbonyl (C=O) groups excluding carboxylic acids is 4. The van der Waals surface area contributed by atoms with E-state index in [-0.39, 0.29) is 36.2 Å². The van der Waals surface area contributed by atoms with E-state index < -0.39 is 88.8 Å². The average molecular weight is 603 g/mol. The van der Waals surface area contributed by atoms with Gasteiger partial charge < -0.3 is 39.4 Å². The highest BCUT2D eigenvalue weighted by molar-refractivity contribution is 5.96. The molecular formula is C31H38O12. The predicted molar refractivity (Wildman–Crippen MR) is 146 cm³/mol. The Labute approximate surface area is 248 Å². The molecule has 9 atom stereocenters. The molecule has 4 aliphatic rings. The van der Waals surface area contributed by atoms with E-state index >= 15 is 0 Å². The van der Waals surface area contributed by atoms with Crippen LogP contribution in [0.4, 0.5) is 0 Å². The number of aliphatic hydroxyl groups excluding tert-OH is 3. The van der Waals surface area contributed by atoms with E-state index in [2.05, 4.69) is 0 Å². The van der Waals surface area contributed by atoms with Crippen molar-refractivity contribution in [3.8, 4) is 0 Å². The number of carbonyl (C=O) groups is 4. The quantitative estimate of drug-likeness (QED) is 0.202. The number of benzene rings is 1. The van der Waals surface area contributed by atoms with Gasteiger partial charge in [-0.15, -0.1) is 0 Å². The van der Waals surface area contributed by atoms with Gasteiger partial charge in [-0.25, -0.2) is 4.79 Å². The maximum absolute atomic E-state index is 14.8. The van der Waals surface area contributed by atoms with Crippen LogP contribution in [-0.4, -0.2) is 99.1 Å². The van der Waals surface area contributed by atoms with Crippen LogP contribution in [0.25, 0.3) is 0 Å². The summed E-state index contributed by atoms with van der Waals surface area (Å²) in [5, 5.41) is 46.2. The van der Waals surface area contributed by atoms with Gasteiger partial charge in [-0.05, 0) is 50.5 Å². The lowest BCUT2D eigenvalue weighted by Crippen LogP contribution is -2.79. The molecule has 12 heteroatoms. The first kappa shape index (κ1) is 31.3. The largest absolute Gasteiger partial charge is 0.457 e. The molecule has 12 nitrogen and oxygen atoms in total. The Bertz CT molecular complexity index is 1360.